The number of hydrogen-bond acceptors (Lipinski definition) is 4. The summed E-state index contributed by atoms with van der Waals surface area (Å²) in [6.07, 6.45) is 0.220. The lowest BCUT2D eigenvalue weighted by atomic mass is 10.2. The Kier molecular flexibility index (Phi) is 6.79. The van der Waals surface area contributed by atoms with Crippen LogP contribution in [-0.2, 0) is 21.5 Å². The van der Waals surface area contributed by atoms with Crippen LogP contribution < -0.4 is 4.74 Å². The van der Waals surface area contributed by atoms with Crippen LogP contribution in [0.5, 0.6) is 5.75 Å². The summed E-state index contributed by atoms with van der Waals surface area (Å²) in [6, 6.07) is 7.18. The standard InChI is InChI=1S/C14H22N2O5S/c1-15(9-5-8-14(17)18)22(19,20)16(2)11-12-6-4-7-13(10-12)21-3/h4,6-7,10H,5,8-9,11H2,1-3H3,(H,17,18). The van der Waals surface area contributed by atoms with E-state index in [1.54, 1.807) is 25.3 Å². The molecule has 0 spiro atoms. The molecule has 0 unspecified atom stereocenters. The van der Waals surface area contributed by atoms with E-state index in [4.69, 9.17) is 9.84 Å². The summed E-state index contributed by atoms with van der Waals surface area (Å²) in [5.74, 6) is -0.270. The lowest BCUT2D eigenvalue weighted by Gasteiger charge is -2.24. The first-order valence-corrected chi connectivity index (χ1v) is 8.19. The van der Waals surface area contributed by atoms with Gasteiger partial charge < -0.3 is 9.84 Å². The van der Waals surface area contributed by atoms with E-state index in [9.17, 15) is 13.2 Å². The summed E-state index contributed by atoms with van der Waals surface area (Å²) < 4.78 is 32.2. The van der Waals surface area contributed by atoms with Crippen LogP contribution in [0.3, 0.4) is 0 Å². The van der Waals surface area contributed by atoms with Gasteiger partial charge in [0.25, 0.3) is 10.2 Å². The molecule has 124 valence electrons. The SMILES string of the molecule is COc1cccc(CN(C)S(=O)(=O)N(C)CCCC(=O)O)c1. The van der Waals surface area contributed by atoms with E-state index in [-0.39, 0.29) is 25.9 Å². The second kappa shape index (κ2) is 8.11. The number of carboxylic acid groups (broad SMARTS) is 1. The van der Waals surface area contributed by atoms with Gasteiger partial charge in [-0.2, -0.15) is 17.0 Å². The van der Waals surface area contributed by atoms with E-state index in [1.165, 1.54) is 18.4 Å². The van der Waals surface area contributed by atoms with Crippen LogP contribution in [0.15, 0.2) is 24.3 Å². The molecule has 1 aromatic rings. The highest BCUT2D eigenvalue weighted by atomic mass is 32.2. The van der Waals surface area contributed by atoms with Crippen LogP contribution in [0.2, 0.25) is 0 Å². The molecule has 0 aliphatic heterocycles. The van der Waals surface area contributed by atoms with Gasteiger partial charge in [0.2, 0.25) is 0 Å². The van der Waals surface area contributed by atoms with Gasteiger partial charge in [0.15, 0.2) is 0 Å². The van der Waals surface area contributed by atoms with Gasteiger partial charge in [0, 0.05) is 33.6 Å². The highest BCUT2D eigenvalue weighted by Crippen LogP contribution is 2.16. The second-order valence-corrected chi connectivity index (χ2v) is 7.08. The topological polar surface area (TPSA) is 87.2 Å². The minimum absolute atomic E-state index is 0.0561. The molecule has 0 aromatic heterocycles. The molecule has 1 N–H and O–H groups in total. The van der Waals surface area contributed by atoms with Gasteiger partial charge in [-0.1, -0.05) is 12.1 Å². The molecule has 1 rings (SSSR count). The first kappa shape index (κ1) is 18.4. The zero-order chi connectivity index (χ0) is 16.8. The third-order valence-corrected chi connectivity index (χ3v) is 5.08. The zero-order valence-corrected chi connectivity index (χ0v) is 13.8. The Hall–Kier alpha value is -1.64. The Morgan fingerprint density at radius 3 is 2.55 bits per heavy atom. The van der Waals surface area contributed by atoms with Gasteiger partial charge in [-0.25, -0.2) is 0 Å². The Morgan fingerprint density at radius 2 is 1.95 bits per heavy atom. The lowest BCUT2D eigenvalue weighted by Crippen LogP contribution is -2.39. The van der Waals surface area contributed by atoms with E-state index >= 15 is 0 Å². The Labute approximate surface area is 131 Å². The minimum Gasteiger partial charge on any atom is -0.497 e. The predicted octanol–water partition coefficient (Wildman–Crippen LogP) is 1.17. The number of carboxylic acids is 1. The van der Waals surface area contributed by atoms with Crippen molar-refractivity contribution in [1.29, 1.82) is 0 Å². The maximum absolute atomic E-state index is 12.3. The van der Waals surface area contributed by atoms with Crippen molar-refractivity contribution in [1.82, 2.24) is 8.61 Å². The molecule has 0 saturated carbocycles. The molecule has 0 aliphatic rings. The van der Waals surface area contributed by atoms with E-state index in [2.05, 4.69) is 0 Å². The van der Waals surface area contributed by atoms with Crippen molar-refractivity contribution in [3.63, 3.8) is 0 Å². The summed E-state index contributed by atoms with van der Waals surface area (Å²) in [5.41, 5.74) is 0.810. The minimum atomic E-state index is -3.62. The molecule has 0 radical (unpaired) electrons. The van der Waals surface area contributed by atoms with Gasteiger partial charge in [0.1, 0.15) is 5.75 Å². The van der Waals surface area contributed by atoms with Crippen molar-refractivity contribution in [2.24, 2.45) is 0 Å². The van der Waals surface area contributed by atoms with Crippen molar-refractivity contribution in [3.8, 4) is 5.75 Å². The third-order valence-electron chi connectivity index (χ3n) is 3.19. The van der Waals surface area contributed by atoms with Crippen LogP contribution in [0.25, 0.3) is 0 Å². The number of hydrogen-bond donors (Lipinski definition) is 1. The van der Waals surface area contributed by atoms with Gasteiger partial charge in [-0.3, -0.25) is 4.79 Å². The van der Waals surface area contributed by atoms with Crippen LogP contribution in [0.1, 0.15) is 18.4 Å². The fourth-order valence-electron chi connectivity index (χ4n) is 1.92. The monoisotopic (exact) mass is 330 g/mol. The number of ether oxygens (including phenoxy) is 1. The second-order valence-electron chi connectivity index (χ2n) is 4.93. The Bertz CT molecular complexity index is 603. The Morgan fingerprint density at radius 1 is 1.27 bits per heavy atom. The summed E-state index contributed by atoms with van der Waals surface area (Å²) in [7, 11) is 0.862. The normalized spacial score (nSPS) is 11.9. The number of carbonyl (C=O) groups is 1. The molecule has 22 heavy (non-hydrogen) atoms. The maximum atomic E-state index is 12.3. The molecule has 1 aromatic carbocycles. The molecule has 0 aliphatic carbocycles. The van der Waals surface area contributed by atoms with E-state index < -0.39 is 16.2 Å². The van der Waals surface area contributed by atoms with Crippen LogP contribution >= 0.6 is 0 Å². The average molecular weight is 330 g/mol. The molecular weight excluding hydrogens is 308 g/mol. The summed E-state index contributed by atoms with van der Waals surface area (Å²) in [6.45, 7) is 0.375. The summed E-state index contributed by atoms with van der Waals surface area (Å²) in [4.78, 5) is 10.5. The van der Waals surface area contributed by atoms with Crippen molar-refractivity contribution >= 4 is 16.2 Å². The zero-order valence-electron chi connectivity index (χ0n) is 13.0. The summed E-state index contributed by atoms with van der Waals surface area (Å²) in [5, 5.41) is 8.59. The van der Waals surface area contributed by atoms with Gasteiger partial charge in [-0.15, -0.1) is 0 Å². The highest BCUT2D eigenvalue weighted by Gasteiger charge is 2.23. The summed E-state index contributed by atoms with van der Waals surface area (Å²) >= 11 is 0. The molecule has 8 heteroatoms. The van der Waals surface area contributed by atoms with E-state index in [0.717, 1.165) is 9.87 Å². The van der Waals surface area contributed by atoms with E-state index in [0.29, 0.717) is 5.75 Å². The lowest BCUT2D eigenvalue weighted by molar-refractivity contribution is -0.137. The molecule has 0 fully saturated rings. The third kappa shape index (κ3) is 5.28. The number of benzene rings is 1. The fourth-order valence-corrected chi connectivity index (χ4v) is 3.06. The van der Waals surface area contributed by atoms with Crippen molar-refractivity contribution in [3.05, 3.63) is 29.8 Å². The fraction of sp³-hybridized carbons (Fsp3) is 0.500. The molecule has 0 saturated heterocycles. The Balaban J connectivity index is 2.68. The molecule has 0 heterocycles. The number of aliphatic carboxylic acids is 1. The number of nitrogens with zero attached hydrogens (tertiary/aromatic N) is 2. The molecule has 0 amide bonds. The van der Waals surface area contributed by atoms with Crippen LogP contribution in [0.4, 0.5) is 0 Å². The van der Waals surface area contributed by atoms with Crippen molar-refractivity contribution in [2.75, 3.05) is 27.7 Å². The number of methoxy groups -OCH3 is 1. The van der Waals surface area contributed by atoms with Gasteiger partial charge >= 0.3 is 5.97 Å². The van der Waals surface area contributed by atoms with Crippen molar-refractivity contribution < 1.29 is 23.1 Å². The van der Waals surface area contributed by atoms with Crippen LogP contribution in [0, 0.1) is 0 Å². The molecule has 0 atom stereocenters. The van der Waals surface area contributed by atoms with Gasteiger partial charge in [0.05, 0.1) is 7.11 Å². The largest absolute Gasteiger partial charge is 0.497 e. The molecule has 7 nitrogen and oxygen atoms in total. The number of rotatable bonds is 9. The quantitative estimate of drug-likeness (QED) is 0.734. The highest BCUT2D eigenvalue weighted by molar-refractivity contribution is 7.86. The maximum Gasteiger partial charge on any atom is 0.303 e. The van der Waals surface area contributed by atoms with Crippen LogP contribution in [-0.4, -0.2) is 55.9 Å². The van der Waals surface area contributed by atoms with E-state index in [1.807, 2.05) is 6.07 Å². The molecule has 0 bridgehead atoms. The first-order valence-electron chi connectivity index (χ1n) is 6.79. The smallest absolute Gasteiger partial charge is 0.303 e. The van der Waals surface area contributed by atoms with Gasteiger partial charge in [-0.05, 0) is 24.1 Å². The molecular formula is C14H22N2O5S. The average Bonchev–Trinajstić information content (AvgIpc) is 2.46. The predicted molar refractivity (Wildman–Crippen MR) is 82.9 cm³/mol. The van der Waals surface area contributed by atoms with Crippen molar-refractivity contribution in [2.45, 2.75) is 19.4 Å². The first-order chi connectivity index (χ1) is 10.3.